The predicted octanol–water partition coefficient (Wildman–Crippen LogP) is 1.11. The van der Waals surface area contributed by atoms with Crippen molar-refractivity contribution in [3.8, 4) is 0 Å². The molecule has 0 aliphatic rings. The summed E-state index contributed by atoms with van der Waals surface area (Å²) >= 11 is 0. The zero-order chi connectivity index (χ0) is 11.7. The molecule has 2 aromatic rings. The topological polar surface area (TPSA) is 63.6 Å². The summed E-state index contributed by atoms with van der Waals surface area (Å²) in [6.07, 6.45) is 0. The van der Waals surface area contributed by atoms with Gasteiger partial charge in [-0.2, -0.15) is 0 Å². The van der Waals surface area contributed by atoms with Crippen LogP contribution in [0.15, 0.2) is 23.0 Å². The molecule has 0 amide bonds. The molecule has 0 saturated heterocycles. The number of aromatic nitrogens is 2. The smallest absolute Gasteiger partial charge is 0.339 e. The van der Waals surface area contributed by atoms with Gasteiger partial charge in [0, 0.05) is 6.07 Å². The summed E-state index contributed by atoms with van der Waals surface area (Å²) in [5, 5.41) is 2.62. The molecule has 5 heteroatoms. The first-order valence-corrected chi connectivity index (χ1v) is 5.02. The fourth-order valence-corrected chi connectivity index (χ4v) is 1.64. The highest BCUT2D eigenvalue weighted by atomic mass is 16.5. The molecule has 0 radical (unpaired) electrons. The van der Waals surface area contributed by atoms with Crippen LogP contribution >= 0.6 is 0 Å². The quantitative estimate of drug-likeness (QED) is 0.771. The van der Waals surface area contributed by atoms with E-state index < -0.39 is 0 Å². The minimum absolute atomic E-state index is 0.191. The van der Waals surface area contributed by atoms with Crippen LogP contribution < -0.4 is 5.56 Å². The van der Waals surface area contributed by atoms with Crippen molar-refractivity contribution in [3.05, 3.63) is 39.8 Å². The molecular formula is C11H12N2O3. The molecule has 0 bridgehead atoms. The highest BCUT2D eigenvalue weighted by Gasteiger charge is 2.12. The first-order chi connectivity index (χ1) is 7.63. The molecule has 2 heterocycles. The van der Waals surface area contributed by atoms with Crippen molar-refractivity contribution in [3.63, 3.8) is 0 Å². The third-order valence-corrected chi connectivity index (χ3v) is 2.40. The van der Waals surface area contributed by atoms with Crippen molar-refractivity contribution in [1.82, 2.24) is 9.61 Å². The number of ether oxygens (including phenoxy) is 1. The summed E-state index contributed by atoms with van der Waals surface area (Å²) in [6, 6.07) is 4.84. The second-order valence-corrected chi connectivity index (χ2v) is 3.43. The Morgan fingerprint density at radius 1 is 1.50 bits per heavy atom. The highest BCUT2D eigenvalue weighted by Crippen LogP contribution is 2.11. The lowest BCUT2D eigenvalue weighted by Crippen LogP contribution is -2.10. The van der Waals surface area contributed by atoms with Gasteiger partial charge in [-0.15, -0.1) is 0 Å². The van der Waals surface area contributed by atoms with Gasteiger partial charge in [0.1, 0.15) is 0 Å². The Morgan fingerprint density at radius 3 is 2.94 bits per heavy atom. The van der Waals surface area contributed by atoms with E-state index in [1.165, 1.54) is 6.07 Å². The largest absolute Gasteiger partial charge is 0.462 e. The van der Waals surface area contributed by atoms with Gasteiger partial charge in [-0.25, -0.2) is 4.79 Å². The van der Waals surface area contributed by atoms with Gasteiger partial charge in [0.25, 0.3) is 5.56 Å². The van der Waals surface area contributed by atoms with Gasteiger partial charge in [0.15, 0.2) is 0 Å². The van der Waals surface area contributed by atoms with Gasteiger partial charge < -0.3 is 4.74 Å². The number of hydrogen-bond donors (Lipinski definition) is 1. The van der Waals surface area contributed by atoms with E-state index >= 15 is 0 Å². The maximum Gasteiger partial charge on any atom is 0.339 e. The van der Waals surface area contributed by atoms with Crippen molar-refractivity contribution >= 4 is 11.5 Å². The SMILES string of the molecule is CCOC(=O)c1ccc2cc(=O)[nH]n2c1C. The number of aryl methyl sites for hydroxylation is 1. The van der Waals surface area contributed by atoms with E-state index in [-0.39, 0.29) is 11.5 Å². The second kappa shape index (κ2) is 3.84. The monoisotopic (exact) mass is 220 g/mol. The van der Waals surface area contributed by atoms with Gasteiger partial charge in [0.05, 0.1) is 23.4 Å². The standard InChI is InChI=1S/C11H12N2O3/c1-3-16-11(15)9-5-4-8-6-10(14)12-13(8)7(9)2/h4-6H,3H2,1-2H3,(H,12,14). The van der Waals surface area contributed by atoms with Crippen molar-refractivity contribution in [2.45, 2.75) is 13.8 Å². The van der Waals surface area contributed by atoms with Crippen LogP contribution in [-0.2, 0) is 4.74 Å². The summed E-state index contributed by atoms with van der Waals surface area (Å²) in [5.41, 5.74) is 1.67. The molecule has 0 spiro atoms. The fourth-order valence-electron chi connectivity index (χ4n) is 1.64. The molecule has 0 aliphatic heterocycles. The van der Waals surface area contributed by atoms with Crippen LogP contribution in [0.4, 0.5) is 0 Å². The number of carbonyl (C=O) groups is 1. The van der Waals surface area contributed by atoms with Crippen LogP contribution in [0, 0.1) is 6.92 Å². The maximum absolute atomic E-state index is 11.6. The van der Waals surface area contributed by atoms with Crippen LogP contribution in [0.3, 0.4) is 0 Å². The number of H-pyrrole nitrogens is 1. The average Bonchev–Trinajstić information content (AvgIpc) is 2.60. The first kappa shape index (κ1) is 10.5. The van der Waals surface area contributed by atoms with Crippen LogP contribution in [0.2, 0.25) is 0 Å². The number of hydrogen-bond acceptors (Lipinski definition) is 3. The van der Waals surface area contributed by atoms with Gasteiger partial charge in [0.2, 0.25) is 0 Å². The molecule has 0 atom stereocenters. The average molecular weight is 220 g/mol. The molecule has 0 unspecified atom stereocenters. The van der Waals surface area contributed by atoms with E-state index in [0.717, 1.165) is 5.52 Å². The van der Waals surface area contributed by atoms with Gasteiger partial charge >= 0.3 is 5.97 Å². The number of nitrogens with one attached hydrogen (secondary N) is 1. The van der Waals surface area contributed by atoms with Gasteiger partial charge in [-0.3, -0.25) is 14.4 Å². The lowest BCUT2D eigenvalue weighted by atomic mass is 10.2. The molecule has 16 heavy (non-hydrogen) atoms. The summed E-state index contributed by atoms with van der Waals surface area (Å²) < 4.78 is 6.50. The van der Waals surface area contributed by atoms with E-state index in [1.807, 2.05) is 0 Å². The Bertz CT molecular complexity index is 595. The van der Waals surface area contributed by atoms with Gasteiger partial charge in [-0.1, -0.05) is 0 Å². The first-order valence-electron chi connectivity index (χ1n) is 5.02. The maximum atomic E-state index is 11.6. The van der Waals surface area contributed by atoms with Crippen molar-refractivity contribution in [2.75, 3.05) is 6.61 Å². The number of aromatic amines is 1. The predicted molar refractivity (Wildman–Crippen MR) is 58.7 cm³/mol. The van der Waals surface area contributed by atoms with Crippen molar-refractivity contribution < 1.29 is 9.53 Å². The number of nitrogens with zero attached hydrogens (tertiary/aromatic N) is 1. The molecular weight excluding hydrogens is 208 g/mol. The summed E-state index contributed by atoms with van der Waals surface area (Å²) in [7, 11) is 0. The van der Waals surface area contributed by atoms with Crippen molar-refractivity contribution in [2.24, 2.45) is 0 Å². The Morgan fingerprint density at radius 2 is 2.25 bits per heavy atom. The third kappa shape index (κ3) is 1.60. The van der Waals surface area contributed by atoms with Gasteiger partial charge in [-0.05, 0) is 26.0 Å². The van der Waals surface area contributed by atoms with Crippen molar-refractivity contribution in [1.29, 1.82) is 0 Å². The van der Waals surface area contributed by atoms with Crippen LogP contribution in [-0.4, -0.2) is 22.2 Å². The number of esters is 1. The van der Waals surface area contributed by atoms with E-state index in [2.05, 4.69) is 5.10 Å². The molecule has 1 N–H and O–H groups in total. The summed E-state index contributed by atoms with van der Waals surface area (Å²) in [6.45, 7) is 3.84. The zero-order valence-electron chi connectivity index (χ0n) is 9.11. The molecule has 5 nitrogen and oxygen atoms in total. The minimum atomic E-state index is -0.378. The summed E-state index contributed by atoms with van der Waals surface area (Å²) in [5.74, 6) is -0.378. The Balaban J connectivity index is 2.60. The van der Waals surface area contributed by atoms with Crippen LogP contribution in [0.5, 0.6) is 0 Å². The minimum Gasteiger partial charge on any atom is -0.462 e. The van der Waals surface area contributed by atoms with Crippen LogP contribution in [0.25, 0.3) is 5.52 Å². The molecule has 2 rings (SSSR count). The fraction of sp³-hybridized carbons (Fsp3) is 0.273. The van der Waals surface area contributed by atoms with E-state index in [4.69, 9.17) is 4.74 Å². The molecule has 0 aromatic carbocycles. The third-order valence-electron chi connectivity index (χ3n) is 2.40. The normalized spacial score (nSPS) is 10.6. The Kier molecular flexibility index (Phi) is 2.52. The van der Waals surface area contributed by atoms with E-state index in [0.29, 0.717) is 17.9 Å². The lowest BCUT2D eigenvalue weighted by Gasteiger charge is -2.07. The zero-order valence-corrected chi connectivity index (χ0v) is 9.11. The Labute approximate surface area is 91.6 Å². The number of rotatable bonds is 2. The number of carbonyl (C=O) groups excluding carboxylic acids is 1. The molecule has 84 valence electrons. The highest BCUT2D eigenvalue weighted by molar-refractivity contribution is 5.91. The molecule has 0 saturated carbocycles. The lowest BCUT2D eigenvalue weighted by molar-refractivity contribution is 0.0524. The van der Waals surface area contributed by atoms with E-state index in [1.54, 1.807) is 30.5 Å². The second-order valence-electron chi connectivity index (χ2n) is 3.43. The number of fused-ring (bicyclic) bond motifs is 1. The molecule has 2 aromatic heterocycles. The summed E-state index contributed by atoms with van der Waals surface area (Å²) in [4.78, 5) is 22.7. The molecule has 0 fully saturated rings. The molecule has 0 aliphatic carbocycles. The van der Waals surface area contributed by atoms with Crippen LogP contribution in [0.1, 0.15) is 23.0 Å². The number of pyridine rings is 1. The Hall–Kier alpha value is -2.04. The van der Waals surface area contributed by atoms with E-state index in [9.17, 15) is 9.59 Å².